The Morgan fingerprint density at radius 2 is 2.05 bits per heavy atom. The minimum atomic E-state index is 0.254. The van der Waals surface area contributed by atoms with Gasteiger partial charge < -0.3 is 4.74 Å². The highest BCUT2D eigenvalue weighted by molar-refractivity contribution is 7.12. The van der Waals surface area contributed by atoms with Crippen LogP contribution in [0, 0.1) is 11.8 Å². The minimum Gasteiger partial charge on any atom is -0.378 e. The predicted octanol–water partition coefficient (Wildman–Crippen LogP) is 4.55. The van der Waals surface area contributed by atoms with Crippen molar-refractivity contribution < 1.29 is 9.53 Å². The van der Waals surface area contributed by atoms with Crippen molar-refractivity contribution in [2.75, 3.05) is 6.61 Å². The van der Waals surface area contributed by atoms with Crippen LogP contribution in [0.5, 0.6) is 0 Å². The van der Waals surface area contributed by atoms with Crippen LogP contribution >= 0.6 is 11.3 Å². The summed E-state index contributed by atoms with van der Waals surface area (Å²) in [5.74, 6) is 1.81. The van der Waals surface area contributed by atoms with E-state index in [4.69, 9.17) is 4.74 Å². The molecule has 2 unspecified atom stereocenters. The molecule has 106 valence electrons. The largest absolute Gasteiger partial charge is 0.378 e. The van der Waals surface area contributed by atoms with Gasteiger partial charge in [-0.3, -0.25) is 4.79 Å². The number of carbonyl (C=O) groups is 1. The fourth-order valence-corrected chi connectivity index (χ4v) is 3.75. The molecule has 1 heterocycles. The fourth-order valence-electron chi connectivity index (χ4n) is 3.05. The minimum absolute atomic E-state index is 0.254. The third kappa shape index (κ3) is 4.73. The average molecular weight is 280 g/mol. The van der Waals surface area contributed by atoms with Gasteiger partial charge in [0, 0.05) is 13.0 Å². The molecule has 1 aromatic heterocycles. The van der Waals surface area contributed by atoms with Gasteiger partial charge in [0.2, 0.25) is 0 Å². The second kappa shape index (κ2) is 7.20. The van der Waals surface area contributed by atoms with Gasteiger partial charge >= 0.3 is 0 Å². The first-order valence-corrected chi connectivity index (χ1v) is 8.21. The molecule has 2 rings (SSSR count). The second-order valence-electron chi connectivity index (χ2n) is 5.91. The van der Waals surface area contributed by atoms with Gasteiger partial charge in [-0.2, -0.15) is 0 Å². The Bertz CT molecular complexity index is 375. The van der Waals surface area contributed by atoms with Gasteiger partial charge in [0.1, 0.15) is 0 Å². The first kappa shape index (κ1) is 14.7. The Kier molecular flexibility index (Phi) is 5.59. The van der Waals surface area contributed by atoms with Gasteiger partial charge in [-0.1, -0.05) is 19.9 Å². The topological polar surface area (TPSA) is 26.3 Å². The van der Waals surface area contributed by atoms with Gasteiger partial charge in [-0.15, -0.1) is 11.3 Å². The molecule has 2 nitrogen and oxygen atoms in total. The number of hydrogen-bond donors (Lipinski definition) is 0. The number of rotatable bonds is 6. The molecule has 19 heavy (non-hydrogen) atoms. The summed E-state index contributed by atoms with van der Waals surface area (Å²) in [6, 6.07) is 3.83. The summed E-state index contributed by atoms with van der Waals surface area (Å²) in [5, 5.41) is 1.95. The molecule has 0 aromatic carbocycles. The molecule has 2 atom stereocenters. The number of thiophene rings is 1. The lowest BCUT2D eigenvalue weighted by Crippen LogP contribution is -2.26. The molecule has 1 aliphatic rings. The zero-order chi connectivity index (χ0) is 13.7. The van der Waals surface area contributed by atoms with Gasteiger partial charge in [-0.25, -0.2) is 0 Å². The van der Waals surface area contributed by atoms with Crippen LogP contribution in [0.4, 0.5) is 0 Å². The summed E-state index contributed by atoms with van der Waals surface area (Å²) in [7, 11) is 0. The summed E-state index contributed by atoms with van der Waals surface area (Å²) in [4.78, 5) is 12.7. The zero-order valence-electron chi connectivity index (χ0n) is 11.9. The molecule has 3 heteroatoms. The van der Waals surface area contributed by atoms with E-state index in [1.54, 1.807) is 0 Å². The molecular formula is C16H24O2S. The van der Waals surface area contributed by atoms with Crippen molar-refractivity contribution in [3.63, 3.8) is 0 Å². The third-order valence-corrected chi connectivity index (χ3v) is 4.74. The van der Waals surface area contributed by atoms with Crippen LogP contribution in [-0.4, -0.2) is 18.5 Å². The number of ether oxygens (including phenoxy) is 1. The lowest BCUT2D eigenvalue weighted by molar-refractivity contribution is -0.000253. The van der Waals surface area contributed by atoms with Crippen LogP contribution in [-0.2, 0) is 4.74 Å². The number of carbonyl (C=O) groups excluding carboxylic acids is 1. The molecule has 0 aliphatic heterocycles. The maximum Gasteiger partial charge on any atom is 0.172 e. The highest BCUT2D eigenvalue weighted by Gasteiger charge is 2.24. The normalized spacial score (nSPS) is 27.4. The van der Waals surface area contributed by atoms with Crippen LogP contribution in [0.2, 0.25) is 0 Å². The third-order valence-electron chi connectivity index (χ3n) is 3.83. The molecule has 0 N–H and O–H groups in total. The number of hydrogen-bond acceptors (Lipinski definition) is 3. The molecule has 0 saturated heterocycles. The second-order valence-corrected chi connectivity index (χ2v) is 6.86. The van der Waals surface area contributed by atoms with Crippen LogP contribution in [0.3, 0.4) is 0 Å². The van der Waals surface area contributed by atoms with Crippen molar-refractivity contribution in [3.05, 3.63) is 22.4 Å². The summed E-state index contributed by atoms with van der Waals surface area (Å²) in [6.07, 6.45) is 5.56. The zero-order valence-corrected chi connectivity index (χ0v) is 12.7. The first-order chi connectivity index (χ1) is 9.15. The van der Waals surface area contributed by atoms with E-state index < -0.39 is 0 Å². The standard InChI is InChI=1S/C16H24O2S/c1-12-9-13(2)11-14(10-12)18-7-3-5-15(17)16-6-4-8-19-16/h4,6,8,12-14H,3,5,7,9-11H2,1-2H3. The van der Waals surface area contributed by atoms with E-state index in [1.165, 1.54) is 30.6 Å². The fraction of sp³-hybridized carbons (Fsp3) is 0.688. The summed E-state index contributed by atoms with van der Waals surface area (Å²) in [6.45, 7) is 5.35. The van der Waals surface area contributed by atoms with Crippen LogP contribution in [0.25, 0.3) is 0 Å². The molecule has 1 fully saturated rings. The Morgan fingerprint density at radius 1 is 1.32 bits per heavy atom. The summed E-state index contributed by atoms with van der Waals surface area (Å²) in [5.41, 5.74) is 0. The molecule has 0 amide bonds. The first-order valence-electron chi connectivity index (χ1n) is 7.33. The van der Waals surface area contributed by atoms with Crippen LogP contribution in [0.15, 0.2) is 17.5 Å². The quantitative estimate of drug-likeness (QED) is 0.564. The maximum absolute atomic E-state index is 11.8. The SMILES string of the molecule is CC1CC(C)CC(OCCCC(=O)c2cccs2)C1. The van der Waals surface area contributed by atoms with Gasteiger partial charge in [-0.05, 0) is 49.0 Å². The smallest absolute Gasteiger partial charge is 0.172 e. The van der Waals surface area contributed by atoms with Crippen molar-refractivity contribution in [1.82, 2.24) is 0 Å². The van der Waals surface area contributed by atoms with E-state index in [0.29, 0.717) is 12.5 Å². The van der Waals surface area contributed by atoms with Gasteiger partial charge in [0.05, 0.1) is 11.0 Å². The van der Waals surface area contributed by atoms with Crippen molar-refractivity contribution in [2.24, 2.45) is 11.8 Å². The summed E-state index contributed by atoms with van der Waals surface area (Å²) < 4.78 is 5.94. The Labute approximate surface area is 120 Å². The molecule has 0 bridgehead atoms. The number of Topliss-reactive ketones (excluding diaryl/α,β-unsaturated/α-hetero) is 1. The van der Waals surface area contributed by atoms with Crippen molar-refractivity contribution in [1.29, 1.82) is 0 Å². The van der Waals surface area contributed by atoms with Crippen molar-refractivity contribution in [3.8, 4) is 0 Å². The molecular weight excluding hydrogens is 256 g/mol. The molecule has 1 saturated carbocycles. The highest BCUT2D eigenvalue weighted by atomic mass is 32.1. The Balaban J connectivity index is 1.63. The molecule has 0 spiro atoms. The Morgan fingerprint density at radius 3 is 2.68 bits per heavy atom. The van der Waals surface area contributed by atoms with E-state index in [1.807, 2.05) is 17.5 Å². The van der Waals surface area contributed by atoms with E-state index in [-0.39, 0.29) is 5.78 Å². The van der Waals surface area contributed by atoms with Crippen molar-refractivity contribution in [2.45, 2.75) is 52.1 Å². The lowest BCUT2D eigenvalue weighted by atomic mass is 9.82. The van der Waals surface area contributed by atoms with Crippen LogP contribution in [0.1, 0.15) is 55.6 Å². The van der Waals surface area contributed by atoms with Gasteiger partial charge in [0.15, 0.2) is 5.78 Å². The Hall–Kier alpha value is -0.670. The van der Waals surface area contributed by atoms with Crippen LogP contribution < -0.4 is 0 Å². The molecule has 1 aromatic rings. The van der Waals surface area contributed by atoms with E-state index in [2.05, 4.69) is 13.8 Å². The molecule has 1 aliphatic carbocycles. The average Bonchev–Trinajstić information content (AvgIpc) is 2.87. The summed E-state index contributed by atoms with van der Waals surface area (Å²) >= 11 is 1.53. The molecule has 0 radical (unpaired) electrons. The van der Waals surface area contributed by atoms with E-state index >= 15 is 0 Å². The number of ketones is 1. The van der Waals surface area contributed by atoms with Crippen molar-refractivity contribution >= 4 is 17.1 Å². The van der Waals surface area contributed by atoms with E-state index in [0.717, 1.165) is 29.7 Å². The monoisotopic (exact) mass is 280 g/mol. The lowest BCUT2D eigenvalue weighted by Gasteiger charge is -2.31. The highest BCUT2D eigenvalue weighted by Crippen LogP contribution is 2.30. The predicted molar refractivity (Wildman–Crippen MR) is 79.8 cm³/mol. The van der Waals surface area contributed by atoms with Gasteiger partial charge in [0.25, 0.3) is 0 Å². The maximum atomic E-state index is 11.8. The van der Waals surface area contributed by atoms with E-state index in [9.17, 15) is 4.79 Å².